The van der Waals surface area contributed by atoms with Crippen LogP contribution in [0.25, 0.3) is 11.1 Å². The number of nitrogens with one attached hydrogen (secondary N) is 1. The molecule has 2 heterocycles. The minimum absolute atomic E-state index is 0.0202. The topological polar surface area (TPSA) is 95.9 Å². The number of alkyl carbamates (subject to hydrolysis) is 1. The predicted octanol–water partition coefficient (Wildman–Crippen LogP) is 4.41. The van der Waals surface area contributed by atoms with Gasteiger partial charge in [0, 0.05) is 31.0 Å². The van der Waals surface area contributed by atoms with Crippen molar-refractivity contribution in [3.05, 3.63) is 59.7 Å². The molecule has 35 heavy (non-hydrogen) atoms. The normalized spacial score (nSPS) is 22.7. The maximum absolute atomic E-state index is 13.0. The molecule has 4 unspecified atom stereocenters. The van der Waals surface area contributed by atoms with Gasteiger partial charge in [0.1, 0.15) is 6.61 Å². The molecule has 3 fully saturated rings. The van der Waals surface area contributed by atoms with Gasteiger partial charge in [-0.25, -0.2) is 4.79 Å². The second-order valence-electron chi connectivity index (χ2n) is 9.99. The first-order chi connectivity index (χ1) is 17.0. The molecule has 2 amide bonds. The molecule has 2 aromatic carbocycles. The molecule has 2 aromatic rings. The summed E-state index contributed by atoms with van der Waals surface area (Å²) in [6, 6.07) is 15.9. The molecule has 184 valence electrons. The number of rotatable bonds is 9. The van der Waals surface area contributed by atoms with Gasteiger partial charge in [0.2, 0.25) is 5.91 Å². The molecular formula is C28H32N2O5. The van der Waals surface area contributed by atoms with Crippen LogP contribution in [0.15, 0.2) is 48.5 Å². The minimum atomic E-state index is -0.819. The maximum atomic E-state index is 13.0. The average Bonchev–Trinajstić information content (AvgIpc) is 3.52. The predicted molar refractivity (Wildman–Crippen MR) is 131 cm³/mol. The van der Waals surface area contributed by atoms with Gasteiger partial charge >= 0.3 is 12.1 Å². The molecule has 2 saturated heterocycles. The van der Waals surface area contributed by atoms with Crippen molar-refractivity contribution in [2.45, 2.75) is 57.0 Å². The molecule has 4 atom stereocenters. The summed E-state index contributed by atoms with van der Waals surface area (Å²) < 4.78 is 5.68. The number of carboxylic acids is 1. The van der Waals surface area contributed by atoms with E-state index in [0.29, 0.717) is 13.0 Å². The summed E-state index contributed by atoms with van der Waals surface area (Å²) in [7, 11) is 0. The molecular weight excluding hydrogens is 444 g/mol. The third-order valence-corrected chi connectivity index (χ3v) is 7.90. The first-order valence-electron chi connectivity index (χ1n) is 12.6. The van der Waals surface area contributed by atoms with E-state index >= 15 is 0 Å². The monoisotopic (exact) mass is 476 g/mol. The molecule has 6 rings (SSSR count). The van der Waals surface area contributed by atoms with Gasteiger partial charge in [0.05, 0.1) is 5.92 Å². The smallest absolute Gasteiger partial charge is 0.407 e. The van der Waals surface area contributed by atoms with E-state index in [9.17, 15) is 19.5 Å². The van der Waals surface area contributed by atoms with Crippen LogP contribution in [-0.4, -0.2) is 53.2 Å². The van der Waals surface area contributed by atoms with Gasteiger partial charge < -0.3 is 20.1 Å². The zero-order valence-electron chi connectivity index (χ0n) is 20.0. The second kappa shape index (κ2) is 9.72. The van der Waals surface area contributed by atoms with E-state index in [0.717, 1.165) is 30.4 Å². The first kappa shape index (κ1) is 23.4. The molecule has 4 aliphatic rings. The lowest BCUT2D eigenvalue weighted by atomic mass is 9.74. The number of aliphatic carboxylic acids is 1. The van der Waals surface area contributed by atoms with E-state index < -0.39 is 18.0 Å². The third-order valence-electron chi connectivity index (χ3n) is 7.90. The van der Waals surface area contributed by atoms with Crippen molar-refractivity contribution in [1.29, 1.82) is 0 Å². The van der Waals surface area contributed by atoms with E-state index in [1.165, 1.54) is 11.1 Å². The van der Waals surface area contributed by atoms with Crippen LogP contribution in [0.1, 0.15) is 56.1 Å². The van der Waals surface area contributed by atoms with E-state index in [4.69, 9.17) is 4.74 Å². The highest BCUT2D eigenvalue weighted by atomic mass is 16.5. The number of benzene rings is 2. The lowest BCUT2D eigenvalue weighted by Crippen LogP contribution is -2.46. The molecule has 0 spiro atoms. The number of hydrogen-bond acceptors (Lipinski definition) is 4. The van der Waals surface area contributed by atoms with E-state index in [-0.39, 0.29) is 42.9 Å². The van der Waals surface area contributed by atoms with Crippen LogP contribution in [0.3, 0.4) is 0 Å². The van der Waals surface area contributed by atoms with Crippen molar-refractivity contribution in [3.8, 4) is 11.1 Å². The highest BCUT2D eigenvalue weighted by Gasteiger charge is 2.57. The zero-order chi connectivity index (χ0) is 24.5. The van der Waals surface area contributed by atoms with Gasteiger partial charge in [-0.05, 0) is 41.0 Å². The van der Waals surface area contributed by atoms with Gasteiger partial charge in [-0.15, -0.1) is 0 Å². The second-order valence-corrected chi connectivity index (χ2v) is 9.99. The van der Waals surface area contributed by atoms with E-state index in [1.807, 2.05) is 24.3 Å². The maximum Gasteiger partial charge on any atom is 0.407 e. The van der Waals surface area contributed by atoms with Crippen molar-refractivity contribution >= 4 is 18.0 Å². The fourth-order valence-corrected chi connectivity index (χ4v) is 6.08. The Kier molecular flexibility index (Phi) is 6.50. The summed E-state index contributed by atoms with van der Waals surface area (Å²) in [6.07, 6.45) is 2.92. The summed E-state index contributed by atoms with van der Waals surface area (Å²) in [4.78, 5) is 38.9. The Bertz CT molecular complexity index is 1090. The average molecular weight is 477 g/mol. The van der Waals surface area contributed by atoms with Crippen LogP contribution >= 0.6 is 0 Å². The highest BCUT2D eigenvalue weighted by Crippen LogP contribution is 2.47. The molecule has 2 bridgehead atoms. The summed E-state index contributed by atoms with van der Waals surface area (Å²) in [5, 5.41) is 12.3. The zero-order valence-corrected chi connectivity index (χ0v) is 20.0. The Morgan fingerprint density at radius 2 is 1.74 bits per heavy atom. The number of unbranched alkanes of at least 4 members (excludes halogenated alkanes) is 1. The summed E-state index contributed by atoms with van der Waals surface area (Å²) in [5.74, 6) is -1.30. The summed E-state index contributed by atoms with van der Waals surface area (Å²) in [6.45, 7) is 2.80. The first-order valence-corrected chi connectivity index (χ1v) is 12.6. The van der Waals surface area contributed by atoms with Gasteiger partial charge in [-0.2, -0.15) is 0 Å². The fraction of sp³-hybridized carbons (Fsp3) is 0.464. The van der Waals surface area contributed by atoms with Crippen molar-refractivity contribution in [1.82, 2.24) is 10.2 Å². The van der Waals surface area contributed by atoms with E-state index in [1.54, 1.807) is 4.90 Å². The van der Waals surface area contributed by atoms with Crippen LogP contribution < -0.4 is 5.32 Å². The number of nitrogens with zero attached hydrogens (tertiary/aromatic N) is 1. The van der Waals surface area contributed by atoms with Gasteiger partial charge in [-0.1, -0.05) is 68.3 Å². The molecule has 7 nitrogen and oxygen atoms in total. The number of carbonyl (C=O) groups is 3. The molecule has 2 aliphatic carbocycles. The van der Waals surface area contributed by atoms with Gasteiger partial charge in [0.15, 0.2) is 0 Å². The molecule has 1 saturated carbocycles. The highest BCUT2D eigenvalue weighted by molar-refractivity contribution is 5.82. The van der Waals surface area contributed by atoms with Crippen molar-refractivity contribution < 1.29 is 24.2 Å². The molecule has 2 aliphatic heterocycles. The molecule has 0 aromatic heterocycles. The molecule has 2 N–H and O–H groups in total. The Morgan fingerprint density at radius 1 is 1.09 bits per heavy atom. The minimum Gasteiger partial charge on any atom is -0.481 e. The Morgan fingerprint density at radius 3 is 2.34 bits per heavy atom. The molecule has 0 radical (unpaired) electrons. The number of hydrogen-bond donors (Lipinski definition) is 2. The Labute approximate surface area is 205 Å². The number of amides is 2. The Balaban J connectivity index is 1.20. The Hall–Kier alpha value is -3.35. The largest absolute Gasteiger partial charge is 0.481 e. The van der Waals surface area contributed by atoms with Gasteiger partial charge in [0.25, 0.3) is 0 Å². The fourth-order valence-electron chi connectivity index (χ4n) is 6.08. The SMILES string of the molecule is CCCCC(CC(=O)N1CC2CC1C2C(=O)O)NC(=O)OCC1c2ccccc2-c2ccccc21. The lowest BCUT2D eigenvalue weighted by molar-refractivity contribution is -0.148. The van der Waals surface area contributed by atoms with Crippen molar-refractivity contribution in [3.63, 3.8) is 0 Å². The van der Waals surface area contributed by atoms with Crippen LogP contribution in [0, 0.1) is 11.8 Å². The van der Waals surface area contributed by atoms with Crippen LogP contribution in [0.2, 0.25) is 0 Å². The number of carbonyl (C=O) groups excluding carboxylic acids is 2. The number of carboxylic acid groups (broad SMARTS) is 1. The summed E-state index contributed by atoms with van der Waals surface area (Å²) in [5.41, 5.74) is 4.65. The van der Waals surface area contributed by atoms with Gasteiger partial charge in [-0.3, -0.25) is 9.59 Å². The summed E-state index contributed by atoms with van der Waals surface area (Å²) >= 11 is 0. The number of ether oxygens (including phenoxy) is 1. The standard InChI is InChI=1S/C28H32N2O5/c1-2-3-8-18(14-25(31)30-15-17-13-24(30)26(17)27(32)33)29-28(34)35-16-23-21-11-6-4-9-19(21)20-10-5-7-12-22(20)23/h4-7,9-12,17-18,23-24,26H,2-3,8,13-16H2,1H3,(H,29,34)(H,32,33). The van der Waals surface area contributed by atoms with Crippen LogP contribution in [-0.2, 0) is 14.3 Å². The van der Waals surface area contributed by atoms with E-state index in [2.05, 4.69) is 36.5 Å². The quantitative estimate of drug-likeness (QED) is 0.559. The lowest BCUT2D eigenvalue weighted by Gasteiger charge is -2.33. The number of fused-ring (bicyclic) bond motifs is 4. The molecule has 7 heteroatoms. The van der Waals surface area contributed by atoms with Crippen molar-refractivity contribution in [2.24, 2.45) is 11.8 Å². The van der Waals surface area contributed by atoms with Crippen LogP contribution in [0.5, 0.6) is 0 Å². The third kappa shape index (κ3) is 4.40. The van der Waals surface area contributed by atoms with Crippen molar-refractivity contribution in [2.75, 3.05) is 13.2 Å². The van der Waals surface area contributed by atoms with Crippen LogP contribution in [0.4, 0.5) is 4.79 Å².